The van der Waals surface area contributed by atoms with Crippen molar-refractivity contribution in [3.63, 3.8) is 0 Å². The predicted octanol–water partition coefficient (Wildman–Crippen LogP) is 9.51. The van der Waals surface area contributed by atoms with Crippen molar-refractivity contribution in [1.29, 1.82) is 0 Å². The van der Waals surface area contributed by atoms with Gasteiger partial charge in [0, 0.05) is 33.9 Å². The molecule has 0 saturated heterocycles. The number of aromatic nitrogens is 4. The van der Waals surface area contributed by atoms with E-state index >= 15 is 0 Å². The lowest BCUT2D eigenvalue weighted by atomic mass is 9.86. The van der Waals surface area contributed by atoms with Crippen molar-refractivity contribution >= 4 is 43.9 Å². The molecule has 0 radical (unpaired) electrons. The van der Waals surface area contributed by atoms with Gasteiger partial charge in [0.05, 0.1) is 33.7 Å². The zero-order valence-corrected chi connectivity index (χ0v) is 24.0. The molecule has 8 aromatic rings. The highest BCUT2D eigenvalue weighted by Crippen LogP contribution is 2.37. The summed E-state index contributed by atoms with van der Waals surface area (Å²) in [6.45, 7) is 6.19. The number of furan rings is 2. The Morgan fingerprint density at radius 3 is 1.55 bits per heavy atom. The lowest BCUT2D eigenvalue weighted by Crippen LogP contribution is -2.21. The van der Waals surface area contributed by atoms with E-state index in [0.717, 1.165) is 51.1 Å². The van der Waals surface area contributed by atoms with Crippen LogP contribution in [0.4, 0.5) is 13.2 Å². The molecule has 0 aliphatic carbocycles. The fourth-order valence-corrected chi connectivity index (χ4v) is 5.84. The van der Waals surface area contributed by atoms with Gasteiger partial charge in [0.1, 0.15) is 22.3 Å². The molecule has 0 atom stereocenters. The van der Waals surface area contributed by atoms with E-state index in [9.17, 15) is 13.2 Å². The molecule has 0 aliphatic heterocycles. The van der Waals surface area contributed by atoms with Crippen molar-refractivity contribution < 1.29 is 22.0 Å². The number of alkyl halides is 3. The van der Waals surface area contributed by atoms with Crippen molar-refractivity contribution in [1.82, 2.24) is 19.6 Å². The molecule has 218 valence electrons. The fourth-order valence-electron chi connectivity index (χ4n) is 5.84. The van der Waals surface area contributed by atoms with Crippen molar-refractivity contribution in [2.45, 2.75) is 32.4 Å². The number of halogens is 3. The highest BCUT2D eigenvalue weighted by Gasteiger charge is 2.31. The quantitative estimate of drug-likeness (QED) is 0.205. The van der Waals surface area contributed by atoms with Gasteiger partial charge < -0.3 is 8.83 Å². The Labute approximate surface area is 248 Å². The molecular weight excluding hydrogens is 565 g/mol. The van der Waals surface area contributed by atoms with Gasteiger partial charge in [-0.15, -0.1) is 0 Å². The number of fused-ring (bicyclic) bond motifs is 6. The molecule has 0 aliphatic rings. The van der Waals surface area contributed by atoms with Gasteiger partial charge in [-0.25, -0.2) is 9.36 Å². The molecule has 0 N–H and O–H groups in total. The van der Waals surface area contributed by atoms with E-state index in [-0.39, 0.29) is 0 Å². The summed E-state index contributed by atoms with van der Waals surface area (Å²) >= 11 is 0. The molecule has 4 heterocycles. The van der Waals surface area contributed by atoms with Crippen LogP contribution >= 0.6 is 0 Å². The maximum Gasteiger partial charge on any atom is 0.416 e. The summed E-state index contributed by atoms with van der Waals surface area (Å²) in [7, 11) is 0. The first-order valence-electron chi connectivity index (χ1n) is 14.1. The van der Waals surface area contributed by atoms with Gasteiger partial charge in [-0.1, -0.05) is 11.6 Å². The van der Waals surface area contributed by atoms with Gasteiger partial charge >= 0.3 is 6.18 Å². The van der Waals surface area contributed by atoms with Crippen LogP contribution in [0, 0.1) is 6.92 Å². The monoisotopic (exact) mass is 590 g/mol. The van der Waals surface area contributed by atoms with Crippen molar-refractivity contribution in [2.75, 3.05) is 0 Å². The number of hydrogen-bond acceptors (Lipinski definition) is 4. The number of hydrogen-bond donors (Lipinski definition) is 0. The zero-order valence-electron chi connectivity index (χ0n) is 24.0. The van der Waals surface area contributed by atoms with Crippen molar-refractivity contribution in [2.24, 2.45) is 0 Å². The van der Waals surface area contributed by atoms with Crippen LogP contribution in [0.2, 0.25) is 0 Å². The number of nitrogens with zero attached hydrogens (tertiary/aromatic N) is 4. The average Bonchev–Trinajstić information content (AvgIpc) is 3.80. The molecule has 6 nitrogen and oxygen atoms in total. The fraction of sp³-hybridized carbons (Fsp3) is 0.143. The Hall–Kier alpha value is -5.31. The van der Waals surface area contributed by atoms with Crippen molar-refractivity contribution in [3.8, 4) is 11.4 Å². The molecule has 0 fully saturated rings. The first kappa shape index (κ1) is 26.3. The van der Waals surface area contributed by atoms with E-state index in [4.69, 9.17) is 19.0 Å². The number of aryl methyl sites for hydroxylation is 1. The Morgan fingerprint density at radius 2 is 1.02 bits per heavy atom. The summed E-state index contributed by atoms with van der Waals surface area (Å²) < 4.78 is 55.5. The van der Waals surface area contributed by atoms with Crippen LogP contribution in [0.5, 0.6) is 0 Å². The zero-order chi connectivity index (χ0) is 30.4. The Balaban J connectivity index is 1.12. The molecule has 0 unspecified atom stereocenters. The minimum absolute atomic E-state index is 0.401. The summed E-state index contributed by atoms with van der Waals surface area (Å²) in [6.07, 6.45) is -0.654. The maximum absolute atomic E-state index is 13.4. The molecular formula is C35H25F3N4O2. The standard InChI is InChI=1S/C35H25F3N4O2/c1-20-4-8-28-24(16-20)26-18-22(6-10-30(26)43-28)41-14-12-32(39-41)34(2,3)33-13-15-42(40-33)23-7-11-31-27(19-23)25-17-21(35(36,37)38)5-9-29(25)44-31/h4-19H,1-3H3. The van der Waals surface area contributed by atoms with Crippen LogP contribution in [0.15, 0.2) is 106 Å². The molecule has 0 spiro atoms. The molecule has 4 aromatic carbocycles. The second-order valence-corrected chi connectivity index (χ2v) is 11.7. The largest absolute Gasteiger partial charge is 0.456 e. The van der Waals surface area contributed by atoms with Gasteiger partial charge in [-0.05, 0) is 99.6 Å². The van der Waals surface area contributed by atoms with Crippen LogP contribution in [-0.2, 0) is 11.6 Å². The van der Waals surface area contributed by atoms with E-state index in [1.165, 1.54) is 11.6 Å². The molecule has 0 amide bonds. The first-order chi connectivity index (χ1) is 21.0. The predicted molar refractivity (Wildman–Crippen MR) is 164 cm³/mol. The molecule has 9 heteroatoms. The molecule has 0 saturated carbocycles. The van der Waals surface area contributed by atoms with Crippen molar-refractivity contribution in [3.05, 3.63) is 120 Å². The summed E-state index contributed by atoms with van der Waals surface area (Å²) in [5.74, 6) is 0. The van der Waals surface area contributed by atoms with E-state index in [1.54, 1.807) is 16.8 Å². The molecule has 4 aromatic heterocycles. The highest BCUT2D eigenvalue weighted by molar-refractivity contribution is 6.06. The number of rotatable bonds is 4. The molecule has 44 heavy (non-hydrogen) atoms. The van der Waals surface area contributed by atoms with Gasteiger partial charge in [0.25, 0.3) is 0 Å². The lowest BCUT2D eigenvalue weighted by molar-refractivity contribution is -0.137. The third-order valence-electron chi connectivity index (χ3n) is 8.38. The number of benzene rings is 4. The second kappa shape index (κ2) is 9.09. The minimum Gasteiger partial charge on any atom is -0.456 e. The first-order valence-corrected chi connectivity index (χ1v) is 14.1. The van der Waals surface area contributed by atoms with Crippen LogP contribution in [0.25, 0.3) is 55.3 Å². The van der Waals surface area contributed by atoms with E-state index in [2.05, 4.69) is 32.9 Å². The van der Waals surface area contributed by atoms with Gasteiger partial charge in [0.15, 0.2) is 0 Å². The van der Waals surface area contributed by atoms with Crippen LogP contribution in [0.3, 0.4) is 0 Å². The van der Waals surface area contributed by atoms with Crippen LogP contribution in [-0.4, -0.2) is 19.6 Å². The van der Waals surface area contributed by atoms with Gasteiger partial charge in [-0.2, -0.15) is 23.4 Å². The maximum atomic E-state index is 13.4. The second-order valence-electron chi connectivity index (χ2n) is 11.7. The summed E-state index contributed by atoms with van der Waals surface area (Å²) in [6, 6.07) is 25.1. The smallest absolute Gasteiger partial charge is 0.416 e. The third kappa shape index (κ3) is 4.11. The lowest BCUT2D eigenvalue weighted by Gasteiger charge is -2.19. The minimum atomic E-state index is -4.44. The van der Waals surface area contributed by atoms with Crippen LogP contribution in [0.1, 0.15) is 36.4 Å². The molecule has 8 rings (SSSR count). The van der Waals surface area contributed by atoms with Gasteiger partial charge in [-0.3, -0.25) is 0 Å². The topological polar surface area (TPSA) is 61.9 Å². The SMILES string of the molecule is Cc1ccc2oc3ccc(-n4ccc(C(C)(C)c5ccn(-c6ccc7oc8ccc(C(F)(F)F)cc8c7c6)n5)n4)cc3c2c1. The summed E-state index contributed by atoms with van der Waals surface area (Å²) in [5.41, 5.74) is 5.78. The Kier molecular flexibility index (Phi) is 5.44. The van der Waals surface area contributed by atoms with E-state index in [1.807, 2.05) is 59.5 Å². The third-order valence-corrected chi connectivity index (χ3v) is 8.38. The average molecular weight is 591 g/mol. The van der Waals surface area contributed by atoms with E-state index < -0.39 is 17.2 Å². The molecule has 0 bridgehead atoms. The Bertz CT molecular complexity index is 2390. The highest BCUT2D eigenvalue weighted by atomic mass is 19.4. The Morgan fingerprint density at radius 1 is 0.568 bits per heavy atom. The van der Waals surface area contributed by atoms with Crippen LogP contribution < -0.4 is 0 Å². The normalized spacial score (nSPS) is 12.8. The van der Waals surface area contributed by atoms with E-state index in [0.29, 0.717) is 27.6 Å². The van der Waals surface area contributed by atoms with Gasteiger partial charge in [0.2, 0.25) is 0 Å². The summed E-state index contributed by atoms with van der Waals surface area (Å²) in [4.78, 5) is 0. The summed E-state index contributed by atoms with van der Waals surface area (Å²) in [5, 5.41) is 12.9.